The summed E-state index contributed by atoms with van der Waals surface area (Å²) in [6.45, 7) is 2.42. The first-order valence-electron chi connectivity index (χ1n) is 7.43. The Labute approximate surface area is 110 Å². The molecule has 3 rings (SSSR count). The van der Waals surface area contributed by atoms with E-state index >= 15 is 0 Å². The van der Waals surface area contributed by atoms with E-state index in [0.717, 1.165) is 17.8 Å². The van der Waals surface area contributed by atoms with Crippen LogP contribution in [-0.2, 0) is 0 Å². The Morgan fingerprint density at radius 3 is 2.50 bits per heavy atom. The number of aryl methyl sites for hydroxylation is 1. The van der Waals surface area contributed by atoms with Crippen LogP contribution in [0.1, 0.15) is 49.1 Å². The Hall–Kier alpha value is -0.820. The number of rotatable bonds is 4. The van der Waals surface area contributed by atoms with Gasteiger partial charge in [-0.2, -0.15) is 0 Å². The minimum Gasteiger partial charge on any atom is -0.396 e. The summed E-state index contributed by atoms with van der Waals surface area (Å²) in [5.74, 6) is 3.21. The molecule has 98 valence electrons. The van der Waals surface area contributed by atoms with Crippen LogP contribution >= 0.6 is 0 Å². The zero-order valence-corrected chi connectivity index (χ0v) is 11.3. The third kappa shape index (κ3) is 2.33. The van der Waals surface area contributed by atoms with Crippen molar-refractivity contribution >= 4 is 0 Å². The molecule has 2 aliphatic rings. The van der Waals surface area contributed by atoms with Crippen LogP contribution in [-0.4, -0.2) is 11.7 Å². The lowest BCUT2D eigenvalue weighted by Gasteiger charge is -2.26. The van der Waals surface area contributed by atoms with E-state index in [1.807, 2.05) is 0 Å². The molecule has 0 heterocycles. The van der Waals surface area contributed by atoms with Crippen LogP contribution in [0.5, 0.6) is 0 Å². The molecule has 4 atom stereocenters. The molecule has 4 unspecified atom stereocenters. The van der Waals surface area contributed by atoms with Gasteiger partial charge in [-0.05, 0) is 55.9 Å². The minimum atomic E-state index is 0.303. The molecule has 0 saturated heterocycles. The lowest BCUT2D eigenvalue weighted by atomic mass is 9.80. The van der Waals surface area contributed by atoms with Gasteiger partial charge in [0.25, 0.3) is 0 Å². The number of fused-ring (bicyclic) bond motifs is 2. The highest BCUT2D eigenvalue weighted by molar-refractivity contribution is 5.24. The average molecular weight is 244 g/mol. The molecule has 0 amide bonds. The first kappa shape index (κ1) is 12.2. The summed E-state index contributed by atoms with van der Waals surface area (Å²) < 4.78 is 0. The van der Waals surface area contributed by atoms with Crippen LogP contribution in [0.15, 0.2) is 24.3 Å². The summed E-state index contributed by atoms with van der Waals surface area (Å²) in [6, 6.07) is 8.73. The first-order chi connectivity index (χ1) is 8.76. The topological polar surface area (TPSA) is 20.2 Å². The second-order valence-corrected chi connectivity index (χ2v) is 6.46. The molecule has 1 aromatic carbocycles. The van der Waals surface area contributed by atoms with Gasteiger partial charge in [-0.1, -0.05) is 36.2 Å². The van der Waals surface area contributed by atoms with E-state index in [1.54, 1.807) is 0 Å². The van der Waals surface area contributed by atoms with E-state index in [4.69, 9.17) is 0 Å². The van der Waals surface area contributed by atoms with Gasteiger partial charge in [0.15, 0.2) is 0 Å². The molecule has 2 aliphatic carbocycles. The third-order valence-electron chi connectivity index (χ3n) is 5.24. The standard InChI is InChI=1S/C17H24O/c1-12-2-5-14(6-3-12)17(11-18)10-16-9-13-4-7-15(16)8-13/h2-3,5-6,13,15-18H,4,7-11H2,1H3. The summed E-state index contributed by atoms with van der Waals surface area (Å²) in [5.41, 5.74) is 2.63. The van der Waals surface area contributed by atoms with Crippen LogP contribution in [0, 0.1) is 24.7 Å². The molecule has 2 fully saturated rings. The normalized spacial score (nSPS) is 31.8. The van der Waals surface area contributed by atoms with Crippen LogP contribution in [0.3, 0.4) is 0 Å². The van der Waals surface area contributed by atoms with E-state index in [0.29, 0.717) is 12.5 Å². The molecule has 2 saturated carbocycles. The van der Waals surface area contributed by atoms with Gasteiger partial charge in [-0.3, -0.25) is 0 Å². The summed E-state index contributed by atoms with van der Waals surface area (Å²) in [4.78, 5) is 0. The Bertz CT molecular complexity index is 395. The molecule has 0 radical (unpaired) electrons. The van der Waals surface area contributed by atoms with E-state index in [1.165, 1.54) is 43.2 Å². The second kappa shape index (κ2) is 5.05. The zero-order valence-electron chi connectivity index (χ0n) is 11.3. The molecule has 1 nitrogen and oxygen atoms in total. The van der Waals surface area contributed by atoms with Gasteiger partial charge >= 0.3 is 0 Å². The van der Waals surface area contributed by atoms with Gasteiger partial charge in [0.05, 0.1) is 0 Å². The van der Waals surface area contributed by atoms with Crippen LogP contribution < -0.4 is 0 Å². The predicted octanol–water partition coefficient (Wildman–Crippen LogP) is 3.90. The minimum absolute atomic E-state index is 0.303. The zero-order chi connectivity index (χ0) is 12.5. The number of benzene rings is 1. The van der Waals surface area contributed by atoms with Crippen molar-refractivity contribution in [2.75, 3.05) is 6.61 Å². The van der Waals surface area contributed by atoms with E-state index in [2.05, 4.69) is 31.2 Å². The Morgan fingerprint density at radius 1 is 1.17 bits per heavy atom. The summed E-state index contributed by atoms with van der Waals surface area (Å²) >= 11 is 0. The fraction of sp³-hybridized carbons (Fsp3) is 0.647. The molecule has 1 aromatic rings. The lowest BCUT2D eigenvalue weighted by molar-refractivity contribution is 0.219. The second-order valence-electron chi connectivity index (χ2n) is 6.46. The van der Waals surface area contributed by atoms with Crippen molar-refractivity contribution in [3.05, 3.63) is 35.4 Å². The molecule has 0 spiro atoms. The van der Waals surface area contributed by atoms with Crippen molar-refractivity contribution in [3.63, 3.8) is 0 Å². The molecule has 18 heavy (non-hydrogen) atoms. The van der Waals surface area contributed by atoms with Crippen molar-refractivity contribution in [1.82, 2.24) is 0 Å². The fourth-order valence-electron chi connectivity index (χ4n) is 4.19. The number of aliphatic hydroxyl groups excluding tert-OH is 1. The molecule has 0 aromatic heterocycles. The smallest absolute Gasteiger partial charge is 0.0499 e. The van der Waals surface area contributed by atoms with E-state index in [9.17, 15) is 5.11 Å². The largest absolute Gasteiger partial charge is 0.396 e. The summed E-state index contributed by atoms with van der Waals surface area (Å²) in [6.07, 6.45) is 7.00. The quantitative estimate of drug-likeness (QED) is 0.851. The maximum atomic E-state index is 9.68. The average Bonchev–Trinajstić information content (AvgIpc) is 2.99. The van der Waals surface area contributed by atoms with Crippen LogP contribution in [0.2, 0.25) is 0 Å². The number of hydrogen-bond donors (Lipinski definition) is 1. The highest BCUT2D eigenvalue weighted by atomic mass is 16.3. The Balaban J connectivity index is 1.67. The maximum Gasteiger partial charge on any atom is 0.0499 e. The fourth-order valence-corrected chi connectivity index (χ4v) is 4.19. The summed E-state index contributed by atoms with van der Waals surface area (Å²) in [7, 11) is 0. The van der Waals surface area contributed by atoms with Crippen LogP contribution in [0.25, 0.3) is 0 Å². The highest BCUT2D eigenvalue weighted by Crippen LogP contribution is 2.51. The van der Waals surface area contributed by atoms with E-state index < -0.39 is 0 Å². The monoisotopic (exact) mass is 244 g/mol. The molecular formula is C17H24O. The Kier molecular flexibility index (Phi) is 3.43. The van der Waals surface area contributed by atoms with Crippen molar-refractivity contribution in [2.24, 2.45) is 17.8 Å². The summed E-state index contributed by atoms with van der Waals surface area (Å²) in [5, 5.41) is 9.68. The van der Waals surface area contributed by atoms with Gasteiger partial charge < -0.3 is 5.11 Å². The van der Waals surface area contributed by atoms with Gasteiger partial charge in [-0.25, -0.2) is 0 Å². The van der Waals surface area contributed by atoms with Crippen molar-refractivity contribution in [3.8, 4) is 0 Å². The number of hydrogen-bond acceptors (Lipinski definition) is 1. The van der Waals surface area contributed by atoms with Crippen molar-refractivity contribution in [1.29, 1.82) is 0 Å². The van der Waals surface area contributed by atoms with Gasteiger partial charge in [-0.15, -0.1) is 0 Å². The molecule has 0 aliphatic heterocycles. The highest BCUT2D eigenvalue weighted by Gasteiger charge is 2.40. The first-order valence-corrected chi connectivity index (χ1v) is 7.43. The van der Waals surface area contributed by atoms with Gasteiger partial charge in [0, 0.05) is 12.5 Å². The maximum absolute atomic E-state index is 9.68. The molecule has 1 N–H and O–H groups in total. The Morgan fingerprint density at radius 2 is 1.94 bits per heavy atom. The molecule has 2 bridgehead atoms. The van der Waals surface area contributed by atoms with Crippen molar-refractivity contribution < 1.29 is 5.11 Å². The molecular weight excluding hydrogens is 220 g/mol. The lowest BCUT2D eigenvalue weighted by Crippen LogP contribution is -2.16. The predicted molar refractivity (Wildman–Crippen MR) is 74.6 cm³/mol. The van der Waals surface area contributed by atoms with Gasteiger partial charge in [0.1, 0.15) is 0 Å². The van der Waals surface area contributed by atoms with E-state index in [-0.39, 0.29) is 0 Å². The van der Waals surface area contributed by atoms with Crippen molar-refractivity contribution in [2.45, 2.75) is 44.9 Å². The number of aliphatic hydroxyl groups is 1. The molecule has 1 heteroatoms. The van der Waals surface area contributed by atoms with Crippen LogP contribution in [0.4, 0.5) is 0 Å². The van der Waals surface area contributed by atoms with Gasteiger partial charge in [0.2, 0.25) is 0 Å². The SMILES string of the molecule is Cc1ccc(C(CO)CC2CC3CCC2C3)cc1. The third-order valence-corrected chi connectivity index (χ3v) is 5.24.